The van der Waals surface area contributed by atoms with E-state index in [2.05, 4.69) is 25.2 Å². The van der Waals surface area contributed by atoms with E-state index in [9.17, 15) is 9.50 Å². The van der Waals surface area contributed by atoms with Crippen molar-refractivity contribution in [2.24, 2.45) is 28.6 Å². The number of nitrogens with one attached hydrogen (secondary N) is 1. The lowest BCUT2D eigenvalue weighted by Gasteiger charge is -2.57. The summed E-state index contributed by atoms with van der Waals surface area (Å²) in [6.07, 6.45) is 8.72. The Kier molecular flexibility index (Phi) is 3.70. The molecule has 4 aliphatic carbocycles. The van der Waals surface area contributed by atoms with E-state index in [0.29, 0.717) is 17.8 Å². The van der Waals surface area contributed by atoms with Crippen molar-refractivity contribution in [2.45, 2.75) is 77.1 Å². The summed E-state index contributed by atoms with van der Waals surface area (Å²) in [5.74, 6) is 1.83. The molecule has 3 saturated carbocycles. The highest BCUT2D eigenvalue weighted by Crippen LogP contribution is 2.65. The minimum absolute atomic E-state index is 0.0276. The SMILES string of the molecule is CNC1C(F)C[C@H]2[C@@H]3CC=C4CC(O)CC[C@]4(C)[C@@H]3CC[C@]12C. The van der Waals surface area contributed by atoms with E-state index in [1.54, 1.807) is 0 Å². The number of halogens is 1. The van der Waals surface area contributed by atoms with Gasteiger partial charge in [0.05, 0.1) is 6.10 Å². The molecule has 4 rings (SSSR count). The maximum atomic E-state index is 14.7. The van der Waals surface area contributed by atoms with Crippen LogP contribution in [-0.4, -0.2) is 30.5 Å². The second-order valence-corrected chi connectivity index (χ2v) is 9.22. The molecule has 130 valence electrons. The fourth-order valence-electron chi connectivity index (χ4n) is 7.12. The molecule has 0 spiro atoms. The summed E-state index contributed by atoms with van der Waals surface area (Å²) in [6, 6.07) is 0.0276. The van der Waals surface area contributed by atoms with Crippen molar-refractivity contribution in [2.75, 3.05) is 7.05 Å². The van der Waals surface area contributed by atoms with E-state index in [0.717, 1.165) is 38.5 Å². The molecule has 2 N–H and O–H groups in total. The average molecular weight is 321 g/mol. The smallest absolute Gasteiger partial charge is 0.116 e. The van der Waals surface area contributed by atoms with Crippen LogP contribution in [0.3, 0.4) is 0 Å². The molecule has 8 atom stereocenters. The van der Waals surface area contributed by atoms with Crippen molar-refractivity contribution in [3.8, 4) is 0 Å². The van der Waals surface area contributed by atoms with Crippen LogP contribution in [0.5, 0.6) is 0 Å². The largest absolute Gasteiger partial charge is 0.393 e. The summed E-state index contributed by atoms with van der Waals surface area (Å²) < 4.78 is 14.7. The summed E-state index contributed by atoms with van der Waals surface area (Å²) in [6.45, 7) is 4.77. The molecule has 3 fully saturated rings. The highest BCUT2D eigenvalue weighted by Gasteiger charge is 2.61. The zero-order chi connectivity index (χ0) is 16.4. The van der Waals surface area contributed by atoms with Crippen molar-refractivity contribution in [3.05, 3.63) is 11.6 Å². The topological polar surface area (TPSA) is 32.3 Å². The lowest BCUT2D eigenvalue weighted by molar-refractivity contribution is -0.0429. The highest BCUT2D eigenvalue weighted by atomic mass is 19.1. The molecule has 0 aliphatic heterocycles. The van der Waals surface area contributed by atoms with Crippen LogP contribution in [0.2, 0.25) is 0 Å². The maximum absolute atomic E-state index is 14.7. The molecule has 0 radical (unpaired) electrons. The molecule has 0 heterocycles. The van der Waals surface area contributed by atoms with E-state index < -0.39 is 6.17 Å². The van der Waals surface area contributed by atoms with Crippen molar-refractivity contribution in [3.63, 3.8) is 0 Å². The number of hydrogen-bond donors (Lipinski definition) is 2. The summed E-state index contributed by atoms with van der Waals surface area (Å²) in [4.78, 5) is 0. The van der Waals surface area contributed by atoms with Gasteiger partial charge >= 0.3 is 0 Å². The van der Waals surface area contributed by atoms with Gasteiger partial charge in [-0.2, -0.15) is 0 Å². The predicted molar refractivity (Wildman–Crippen MR) is 90.8 cm³/mol. The van der Waals surface area contributed by atoms with E-state index in [1.165, 1.54) is 12.0 Å². The first-order valence-electron chi connectivity index (χ1n) is 9.59. The Morgan fingerprint density at radius 1 is 1.22 bits per heavy atom. The van der Waals surface area contributed by atoms with Gasteiger partial charge in [-0.3, -0.25) is 0 Å². The Morgan fingerprint density at radius 2 is 2.00 bits per heavy atom. The van der Waals surface area contributed by atoms with Gasteiger partial charge in [-0.25, -0.2) is 4.39 Å². The van der Waals surface area contributed by atoms with Gasteiger partial charge in [-0.15, -0.1) is 0 Å². The fourth-order valence-corrected chi connectivity index (χ4v) is 7.12. The number of aliphatic hydroxyl groups is 1. The average Bonchev–Trinajstić information content (AvgIpc) is 2.77. The molecule has 2 nitrogen and oxygen atoms in total. The zero-order valence-electron chi connectivity index (χ0n) is 14.8. The lowest BCUT2D eigenvalue weighted by atomic mass is 9.48. The van der Waals surface area contributed by atoms with Gasteiger partial charge < -0.3 is 10.4 Å². The van der Waals surface area contributed by atoms with Gasteiger partial charge in [0, 0.05) is 6.04 Å². The molecule has 3 heteroatoms. The first kappa shape index (κ1) is 16.1. The Hall–Kier alpha value is -0.410. The van der Waals surface area contributed by atoms with Crippen LogP contribution < -0.4 is 5.32 Å². The molecular weight excluding hydrogens is 289 g/mol. The fraction of sp³-hybridized carbons (Fsp3) is 0.900. The quantitative estimate of drug-likeness (QED) is 0.719. The van der Waals surface area contributed by atoms with Crippen molar-refractivity contribution < 1.29 is 9.50 Å². The highest BCUT2D eigenvalue weighted by molar-refractivity contribution is 5.26. The van der Waals surface area contributed by atoms with E-state index in [-0.39, 0.29) is 23.0 Å². The molecule has 0 bridgehead atoms. The first-order valence-corrected chi connectivity index (χ1v) is 9.59. The van der Waals surface area contributed by atoms with Crippen LogP contribution in [0, 0.1) is 28.6 Å². The molecule has 0 saturated heterocycles. The number of rotatable bonds is 1. The van der Waals surface area contributed by atoms with Gasteiger partial charge in [0.15, 0.2) is 0 Å². The minimum Gasteiger partial charge on any atom is -0.393 e. The van der Waals surface area contributed by atoms with Gasteiger partial charge in [0.25, 0.3) is 0 Å². The molecule has 0 aromatic heterocycles. The molecular formula is C20H32FNO. The van der Waals surface area contributed by atoms with E-state index in [1.807, 2.05) is 7.05 Å². The van der Waals surface area contributed by atoms with E-state index in [4.69, 9.17) is 0 Å². The minimum atomic E-state index is -0.694. The molecule has 4 aliphatic rings. The third-order valence-corrected chi connectivity index (χ3v) is 8.38. The number of aliphatic hydroxyl groups excluding tert-OH is 1. The number of fused-ring (bicyclic) bond motifs is 5. The van der Waals surface area contributed by atoms with Crippen LogP contribution in [0.4, 0.5) is 4.39 Å². The lowest BCUT2D eigenvalue weighted by Crippen LogP contribution is -2.53. The monoisotopic (exact) mass is 321 g/mol. The van der Waals surface area contributed by atoms with Crippen molar-refractivity contribution in [1.82, 2.24) is 5.32 Å². The molecule has 0 aromatic rings. The van der Waals surface area contributed by atoms with E-state index >= 15 is 0 Å². The van der Waals surface area contributed by atoms with Crippen LogP contribution >= 0.6 is 0 Å². The van der Waals surface area contributed by atoms with Crippen LogP contribution in [-0.2, 0) is 0 Å². The Bertz CT molecular complexity index is 520. The number of hydrogen-bond acceptors (Lipinski definition) is 2. The Morgan fingerprint density at radius 3 is 2.74 bits per heavy atom. The second kappa shape index (κ2) is 5.29. The third kappa shape index (κ3) is 2.12. The van der Waals surface area contributed by atoms with Crippen molar-refractivity contribution >= 4 is 0 Å². The van der Waals surface area contributed by atoms with Gasteiger partial charge in [0.1, 0.15) is 6.17 Å². The van der Waals surface area contributed by atoms with Crippen LogP contribution in [0.15, 0.2) is 11.6 Å². The Labute approximate surface area is 139 Å². The van der Waals surface area contributed by atoms with Crippen LogP contribution in [0.1, 0.15) is 58.8 Å². The number of alkyl halides is 1. The maximum Gasteiger partial charge on any atom is 0.116 e. The zero-order valence-corrected chi connectivity index (χ0v) is 14.8. The van der Waals surface area contributed by atoms with Gasteiger partial charge in [-0.05, 0) is 80.6 Å². The standard InChI is InChI=1S/C20H32FNO/c1-19-8-6-13(23)10-12(19)4-5-14-15(19)7-9-20(2)16(14)11-17(21)18(20)22-3/h4,13-18,22-23H,5-11H2,1-3H3/t13?,14-,15-,16+,17?,18?,19+,20+/m1/s1. The predicted octanol–water partition coefficient (Wildman–Crippen LogP) is 3.85. The normalized spacial score (nSPS) is 55.6. The number of allylic oxidation sites excluding steroid dienone is 1. The summed E-state index contributed by atoms with van der Waals surface area (Å²) >= 11 is 0. The van der Waals surface area contributed by atoms with Crippen LogP contribution in [0.25, 0.3) is 0 Å². The Balaban J connectivity index is 1.67. The molecule has 0 aromatic carbocycles. The first-order chi connectivity index (χ1) is 10.9. The molecule has 0 amide bonds. The second-order valence-electron chi connectivity index (χ2n) is 9.22. The van der Waals surface area contributed by atoms with Gasteiger partial charge in [0.2, 0.25) is 0 Å². The summed E-state index contributed by atoms with van der Waals surface area (Å²) in [5, 5.41) is 13.3. The van der Waals surface area contributed by atoms with Crippen molar-refractivity contribution in [1.29, 1.82) is 0 Å². The third-order valence-electron chi connectivity index (χ3n) is 8.38. The summed E-state index contributed by atoms with van der Waals surface area (Å²) in [7, 11) is 1.93. The van der Waals surface area contributed by atoms with Gasteiger partial charge in [-0.1, -0.05) is 25.5 Å². The molecule has 23 heavy (non-hydrogen) atoms. The molecule has 3 unspecified atom stereocenters. The summed E-state index contributed by atoms with van der Waals surface area (Å²) in [5.41, 5.74) is 1.87.